The Kier molecular flexibility index (Phi) is 5.75. The summed E-state index contributed by atoms with van der Waals surface area (Å²) in [6, 6.07) is 8.90. The highest BCUT2D eigenvalue weighted by molar-refractivity contribution is 7.99. The fourth-order valence-corrected chi connectivity index (χ4v) is 4.75. The Bertz CT molecular complexity index is 1350. The Morgan fingerprint density at radius 1 is 1.07 bits per heavy atom. The summed E-state index contributed by atoms with van der Waals surface area (Å²) in [7, 11) is -4.47. The minimum Gasteiger partial charge on any atom is -0.310 e. The van der Waals surface area contributed by atoms with Crippen molar-refractivity contribution in [2.45, 2.75) is 21.6 Å². The van der Waals surface area contributed by atoms with Crippen molar-refractivity contribution in [2.75, 3.05) is 4.72 Å². The molecule has 30 heavy (non-hydrogen) atoms. The molecule has 0 radical (unpaired) electrons. The minimum absolute atomic E-state index is 0.168. The van der Waals surface area contributed by atoms with E-state index in [-0.39, 0.29) is 11.4 Å². The zero-order valence-corrected chi connectivity index (χ0v) is 16.8. The summed E-state index contributed by atoms with van der Waals surface area (Å²) in [5.74, 6) is -0.451. The van der Waals surface area contributed by atoms with Gasteiger partial charge in [0, 0.05) is 27.6 Å². The fourth-order valence-electron chi connectivity index (χ4n) is 2.56. The lowest BCUT2D eigenvalue weighted by Gasteiger charge is -2.10. The number of hydrogen-bond acceptors (Lipinski definition) is 7. The molecule has 0 spiro atoms. The van der Waals surface area contributed by atoms with Crippen LogP contribution in [0.25, 0.3) is 0 Å². The molecule has 156 valence electrons. The van der Waals surface area contributed by atoms with E-state index in [2.05, 4.69) is 9.71 Å². The van der Waals surface area contributed by atoms with Crippen LogP contribution in [0.5, 0.6) is 0 Å². The van der Waals surface area contributed by atoms with Crippen molar-refractivity contribution < 1.29 is 17.7 Å². The standard InChI is InChI=1S/C17H13FN4O6S2/c1-9-15(16(23)20-17(24)19-9)30(27,28)21-11-6-12(22(25)26)8-14(7-11)29-13-4-2-10(18)3-5-13/h2-8,21H,1H3,(H2,19,20,23,24). The number of H-pyrrole nitrogens is 2. The maximum atomic E-state index is 13.1. The lowest BCUT2D eigenvalue weighted by Crippen LogP contribution is -2.31. The Morgan fingerprint density at radius 2 is 1.73 bits per heavy atom. The van der Waals surface area contributed by atoms with E-state index in [4.69, 9.17) is 0 Å². The Labute approximate surface area is 172 Å². The van der Waals surface area contributed by atoms with Crippen LogP contribution in [0.3, 0.4) is 0 Å². The summed E-state index contributed by atoms with van der Waals surface area (Å²) in [5, 5.41) is 11.3. The molecule has 0 aliphatic carbocycles. The number of aryl methyl sites for hydroxylation is 1. The molecule has 0 saturated carbocycles. The minimum atomic E-state index is -4.47. The number of rotatable bonds is 6. The van der Waals surface area contributed by atoms with Crippen LogP contribution in [0, 0.1) is 22.9 Å². The molecule has 1 heterocycles. The van der Waals surface area contributed by atoms with Crippen molar-refractivity contribution in [3.05, 3.63) is 84.9 Å². The smallest absolute Gasteiger partial charge is 0.310 e. The molecule has 0 saturated heterocycles. The SMILES string of the molecule is Cc1[nH]c(=O)[nH]c(=O)c1S(=O)(=O)Nc1cc(Sc2ccc(F)cc2)cc([N+](=O)[O-])c1. The van der Waals surface area contributed by atoms with Gasteiger partial charge in [-0.3, -0.25) is 24.6 Å². The van der Waals surface area contributed by atoms with E-state index in [0.717, 1.165) is 17.8 Å². The largest absolute Gasteiger partial charge is 0.325 e. The van der Waals surface area contributed by atoms with Crippen LogP contribution in [0.1, 0.15) is 5.69 Å². The monoisotopic (exact) mass is 452 g/mol. The molecule has 3 aromatic rings. The van der Waals surface area contributed by atoms with Crippen molar-refractivity contribution in [2.24, 2.45) is 0 Å². The Morgan fingerprint density at radius 3 is 2.33 bits per heavy atom. The van der Waals surface area contributed by atoms with Crippen LogP contribution in [0.4, 0.5) is 15.8 Å². The number of non-ortho nitro benzene ring substituents is 1. The zero-order valence-electron chi connectivity index (χ0n) is 15.1. The van der Waals surface area contributed by atoms with Crippen molar-refractivity contribution in [1.82, 2.24) is 9.97 Å². The van der Waals surface area contributed by atoms with E-state index in [1.165, 1.54) is 43.3 Å². The van der Waals surface area contributed by atoms with Crippen molar-refractivity contribution in [3.8, 4) is 0 Å². The normalized spacial score (nSPS) is 11.3. The number of hydrogen-bond donors (Lipinski definition) is 3. The van der Waals surface area contributed by atoms with Gasteiger partial charge in [-0.15, -0.1) is 0 Å². The molecule has 0 atom stereocenters. The maximum Gasteiger partial charge on any atom is 0.325 e. The summed E-state index contributed by atoms with van der Waals surface area (Å²) < 4.78 is 40.5. The Hall–Kier alpha value is -3.45. The second-order valence-electron chi connectivity index (χ2n) is 6.00. The summed E-state index contributed by atoms with van der Waals surface area (Å²) in [4.78, 5) is 38.0. The van der Waals surface area contributed by atoms with E-state index in [9.17, 15) is 32.5 Å². The second-order valence-corrected chi connectivity index (χ2v) is 8.76. The van der Waals surface area contributed by atoms with Crippen molar-refractivity contribution in [3.63, 3.8) is 0 Å². The molecular formula is C17H13FN4O6S2. The molecule has 0 aliphatic heterocycles. The fraction of sp³-hybridized carbons (Fsp3) is 0.0588. The van der Waals surface area contributed by atoms with Gasteiger partial charge in [0.25, 0.3) is 21.3 Å². The molecule has 3 rings (SSSR count). The van der Waals surface area contributed by atoms with Crippen LogP contribution < -0.4 is 16.0 Å². The maximum absolute atomic E-state index is 13.1. The first-order valence-electron chi connectivity index (χ1n) is 8.14. The number of aromatic nitrogens is 2. The summed E-state index contributed by atoms with van der Waals surface area (Å²) >= 11 is 1.05. The third kappa shape index (κ3) is 4.75. The number of nitro benzene ring substituents is 1. The van der Waals surface area contributed by atoms with E-state index in [1.54, 1.807) is 0 Å². The van der Waals surface area contributed by atoms with E-state index in [0.29, 0.717) is 9.79 Å². The number of aromatic amines is 2. The average Bonchev–Trinajstić information content (AvgIpc) is 2.61. The van der Waals surface area contributed by atoms with E-state index >= 15 is 0 Å². The number of halogens is 1. The average molecular weight is 452 g/mol. The second kappa shape index (κ2) is 8.12. The highest BCUT2D eigenvalue weighted by atomic mass is 32.2. The van der Waals surface area contributed by atoms with Crippen LogP contribution in [0.15, 0.2) is 66.7 Å². The number of nitrogens with zero attached hydrogens (tertiary/aromatic N) is 1. The van der Waals surface area contributed by atoms with Crippen molar-refractivity contribution in [1.29, 1.82) is 0 Å². The van der Waals surface area contributed by atoms with Gasteiger partial charge in [-0.05, 0) is 37.3 Å². The summed E-state index contributed by atoms with van der Waals surface area (Å²) in [6.07, 6.45) is 0. The topological polar surface area (TPSA) is 155 Å². The van der Waals surface area contributed by atoms with Gasteiger partial charge in [-0.2, -0.15) is 0 Å². The summed E-state index contributed by atoms with van der Waals surface area (Å²) in [6.45, 7) is 1.23. The predicted molar refractivity (Wildman–Crippen MR) is 107 cm³/mol. The van der Waals surface area contributed by atoms with Crippen molar-refractivity contribution >= 4 is 33.2 Å². The molecule has 0 bridgehead atoms. The first-order chi connectivity index (χ1) is 14.0. The number of benzene rings is 2. The third-order valence-corrected chi connectivity index (χ3v) is 6.26. The molecule has 13 heteroatoms. The first kappa shape index (κ1) is 21.3. The van der Waals surface area contributed by atoms with Crippen LogP contribution in [-0.2, 0) is 10.0 Å². The first-order valence-corrected chi connectivity index (χ1v) is 10.4. The lowest BCUT2D eigenvalue weighted by atomic mass is 10.3. The summed E-state index contributed by atoms with van der Waals surface area (Å²) in [5.41, 5.74) is -2.76. The van der Waals surface area contributed by atoms with E-state index in [1.807, 2.05) is 4.98 Å². The number of sulfonamides is 1. The van der Waals surface area contributed by atoms with Gasteiger partial charge in [-0.25, -0.2) is 17.6 Å². The number of nitrogens with one attached hydrogen (secondary N) is 3. The third-order valence-electron chi connectivity index (χ3n) is 3.75. The molecule has 1 aromatic heterocycles. The van der Waals surface area contributed by atoms with Crippen LogP contribution in [0.2, 0.25) is 0 Å². The highest BCUT2D eigenvalue weighted by Gasteiger charge is 2.23. The zero-order chi connectivity index (χ0) is 22.1. The molecule has 3 N–H and O–H groups in total. The van der Waals surface area contributed by atoms with Gasteiger partial charge in [-0.1, -0.05) is 11.8 Å². The predicted octanol–water partition coefficient (Wildman–Crippen LogP) is 2.37. The van der Waals surface area contributed by atoms with Gasteiger partial charge in [0.2, 0.25) is 0 Å². The van der Waals surface area contributed by atoms with Crippen LogP contribution >= 0.6 is 11.8 Å². The molecular weight excluding hydrogens is 439 g/mol. The quantitative estimate of drug-likeness (QED) is 0.383. The van der Waals surface area contributed by atoms with Gasteiger partial charge < -0.3 is 4.98 Å². The molecule has 0 fully saturated rings. The van der Waals surface area contributed by atoms with Gasteiger partial charge in [0.1, 0.15) is 5.82 Å². The van der Waals surface area contributed by atoms with Gasteiger partial charge >= 0.3 is 5.69 Å². The van der Waals surface area contributed by atoms with Crippen LogP contribution in [-0.4, -0.2) is 23.3 Å². The molecule has 0 unspecified atom stereocenters. The van der Waals surface area contributed by atoms with E-state index < -0.39 is 42.6 Å². The molecule has 10 nitrogen and oxygen atoms in total. The van der Waals surface area contributed by atoms with Gasteiger partial charge in [0.15, 0.2) is 4.90 Å². The van der Waals surface area contributed by atoms with Gasteiger partial charge in [0.05, 0.1) is 10.6 Å². The molecule has 0 amide bonds. The lowest BCUT2D eigenvalue weighted by molar-refractivity contribution is -0.385. The number of nitro groups is 1. The molecule has 0 aliphatic rings. The number of anilines is 1. The Balaban J connectivity index is 2.02. The highest BCUT2D eigenvalue weighted by Crippen LogP contribution is 2.33. The molecule has 2 aromatic carbocycles.